The normalized spacial score (nSPS) is 11.0. The Kier molecular flexibility index (Phi) is 5.35. The van der Waals surface area contributed by atoms with E-state index in [9.17, 15) is 4.79 Å². The second kappa shape index (κ2) is 8.60. The summed E-state index contributed by atoms with van der Waals surface area (Å²) in [5, 5.41) is 12.9. The predicted octanol–water partition coefficient (Wildman–Crippen LogP) is 3.64. The SMILES string of the molecule is O=C(NCc1cccnc1)c1ccc(-n2cc(Cn3ccc4c(Cl)ccnc43)nn2)cc1. The summed E-state index contributed by atoms with van der Waals surface area (Å²) in [6.45, 7) is 0.945. The van der Waals surface area contributed by atoms with Gasteiger partial charge in [-0.2, -0.15) is 0 Å². The van der Waals surface area contributed by atoms with Crippen LogP contribution in [0.3, 0.4) is 0 Å². The number of pyridine rings is 2. The van der Waals surface area contributed by atoms with Crippen molar-refractivity contribution in [2.45, 2.75) is 13.1 Å². The quantitative estimate of drug-likeness (QED) is 0.432. The molecule has 0 unspecified atom stereocenters. The van der Waals surface area contributed by atoms with Crippen LogP contribution < -0.4 is 5.32 Å². The lowest BCUT2D eigenvalue weighted by molar-refractivity contribution is 0.0951. The number of hydrogen-bond acceptors (Lipinski definition) is 5. The molecule has 4 heterocycles. The Labute approximate surface area is 188 Å². The van der Waals surface area contributed by atoms with Gasteiger partial charge in [0.2, 0.25) is 0 Å². The molecule has 0 bridgehead atoms. The second-order valence-corrected chi connectivity index (χ2v) is 7.63. The maximum absolute atomic E-state index is 12.4. The van der Waals surface area contributed by atoms with Gasteiger partial charge in [0.05, 0.1) is 23.5 Å². The van der Waals surface area contributed by atoms with Gasteiger partial charge in [-0.3, -0.25) is 9.78 Å². The summed E-state index contributed by atoms with van der Waals surface area (Å²) in [5.41, 5.74) is 3.91. The standard InChI is InChI=1S/C23H18ClN7O/c24-21-7-10-26-22-20(21)8-11-30(22)14-18-15-31(29-28-18)19-5-3-17(4-6-19)23(32)27-13-16-2-1-9-25-12-16/h1-12,15H,13-14H2,(H,27,32). The first-order chi connectivity index (χ1) is 15.7. The molecule has 0 fully saturated rings. The fraction of sp³-hybridized carbons (Fsp3) is 0.0870. The summed E-state index contributed by atoms with van der Waals surface area (Å²) >= 11 is 6.23. The van der Waals surface area contributed by atoms with Crippen molar-refractivity contribution in [3.63, 3.8) is 0 Å². The third-order valence-electron chi connectivity index (χ3n) is 5.05. The van der Waals surface area contributed by atoms with Crippen molar-refractivity contribution in [2.24, 2.45) is 0 Å². The van der Waals surface area contributed by atoms with Gasteiger partial charge in [-0.05, 0) is 48.0 Å². The Balaban J connectivity index is 1.27. The Hall–Kier alpha value is -4.04. The molecule has 0 radical (unpaired) electrons. The van der Waals surface area contributed by atoms with Crippen LogP contribution >= 0.6 is 11.6 Å². The molecule has 158 valence electrons. The number of carbonyl (C=O) groups is 1. The number of nitrogens with zero attached hydrogens (tertiary/aromatic N) is 6. The summed E-state index contributed by atoms with van der Waals surface area (Å²) in [6, 6.07) is 14.7. The van der Waals surface area contributed by atoms with Crippen molar-refractivity contribution < 1.29 is 4.79 Å². The minimum Gasteiger partial charge on any atom is -0.348 e. The van der Waals surface area contributed by atoms with E-state index in [1.165, 1.54) is 0 Å². The number of carbonyl (C=O) groups excluding carboxylic acids is 1. The van der Waals surface area contributed by atoms with E-state index in [0.717, 1.165) is 28.0 Å². The average molecular weight is 444 g/mol. The maximum atomic E-state index is 12.4. The van der Waals surface area contributed by atoms with Crippen LogP contribution in [0.4, 0.5) is 0 Å². The number of benzene rings is 1. The molecular formula is C23H18ClN7O. The van der Waals surface area contributed by atoms with Crippen LogP contribution in [0.1, 0.15) is 21.6 Å². The van der Waals surface area contributed by atoms with Crippen molar-refractivity contribution in [1.82, 2.24) is 34.8 Å². The van der Waals surface area contributed by atoms with Crippen LogP contribution in [0.2, 0.25) is 5.02 Å². The Morgan fingerprint density at radius 3 is 2.75 bits per heavy atom. The Bertz CT molecular complexity index is 1380. The van der Waals surface area contributed by atoms with Gasteiger partial charge in [0, 0.05) is 42.3 Å². The number of aromatic nitrogens is 6. The van der Waals surface area contributed by atoms with Gasteiger partial charge in [-0.1, -0.05) is 22.9 Å². The molecule has 8 nitrogen and oxygen atoms in total. The van der Waals surface area contributed by atoms with E-state index in [1.807, 2.05) is 47.3 Å². The number of halogens is 1. The van der Waals surface area contributed by atoms with E-state index in [-0.39, 0.29) is 5.91 Å². The third kappa shape index (κ3) is 4.08. The molecule has 0 aliphatic rings. The van der Waals surface area contributed by atoms with Crippen molar-refractivity contribution >= 4 is 28.5 Å². The van der Waals surface area contributed by atoms with E-state index in [4.69, 9.17) is 11.6 Å². The van der Waals surface area contributed by atoms with Crippen LogP contribution in [0.25, 0.3) is 16.7 Å². The predicted molar refractivity (Wildman–Crippen MR) is 121 cm³/mol. The van der Waals surface area contributed by atoms with Gasteiger partial charge < -0.3 is 9.88 Å². The smallest absolute Gasteiger partial charge is 0.251 e. The van der Waals surface area contributed by atoms with Gasteiger partial charge in [-0.25, -0.2) is 9.67 Å². The zero-order valence-corrected chi connectivity index (χ0v) is 17.6. The maximum Gasteiger partial charge on any atom is 0.251 e. The molecule has 32 heavy (non-hydrogen) atoms. The first-order valence-corrected chi connectivity index (χ1v) is 10.3. The van der Waals surface area contributed by atoms with Gasteiger partial charge >= 0.3 is 0 Å². The molecule has 9 heteroatoms. The summed E-state index contributed by atoms with van der Waals surface area (Å²) in [7, 11) is 0. The highest BCUT2D eigenvalue weighted by molar-refractivity contribution is 6.35. The Morgan fingerprint density at radius 1 is 1.06 bits per heavy atom. The summed E-state index contributed by atoms with van der Waals surface area (Å²) in [6.07, 6.45) is 8.90. The van der Waals surface area contributed by atoms with Crippen molar-refractivity contribution in [2.75, 3.05) is 0 Å². The minimum atomic E-state index is -0.148. The van der Waals surface area contributed by atoms with Crippen LogP contribution in [0.15, 0.2) is 79.5 Å². The first kappa shape index (κ1) is 19.9. The zero-order chi connectivity index (χ0) is 21.9. The van der Waals surface area contributed by atoms with Crippen LogP contribution in [-0.4, -0.2) is 35.4 Å². The fourth-order valence-corrected chi connectivity index (χ4v) is 3.61. The van der Waals surface area contributed by atoms with Crippen LogP contribution in [-0.2, 0) is 13.1 Å². The fourth-order valence-electron chi connectivity index (χ4n) is 3.41. The molecule has 5 aromatic rings. The lowest BCUT2D eigenvalue weighted by atomic mass is 10.2. The second-order valence-electron chi connectivity index (χ2n) is 7.22. The monoisotopic (exact) mass is 443 g/mol. The number of hydrogen-bond donors (Lipinski definition) is 1. The van der Waals surface area contributed by atoms with Gasteiger partial charge in [-0.15, -0.1) is 5.10 Å². The number of rotatable bonds is 6. The van der Waals surface area contributed by atoms with E-state index in [0.29, 0.717) is 23.7 Å². The molecular weight excluding hydrogens is 426 g/mol. The number of amides is 1. The van der Waals surface area contributed by atoms with Gasteiger partial charge in [0.25, 0.3) is 5.91 Å². The highest BCUT2D eigenvalue weighted by atomic mass is 35.5. The minimum absolute atomic E-state index is 0.148. The van der Waals surface area contributed by atoms with Crippen molar-refractivity contribution in [3.8, 4) is 5.69 Å². The van der Waals surface area contributed by atoms with Gasteiger partial charge in [0.1, 0.15) is 11.3 Å². The number of nitrogens with one attached hydrogen (secondary N) is 1. The molecule has 1 N–H and O–H groups in total. The first-order valence-electron chi connectivity index (χ1n) is 9.95. The topological polar surface area (TPSA) is 90.5 Å². The van der Waals surface area contributed by atoms with Crippen molar-refractivity contribution in [3.05, 3.63) is 101 Å². The highest BCUT2D eigenvalue weighted by Gasteiger charge is 2.10. The molecule has 0 spiro atoms. The molecule has 0 aliphatic carbocycles. The van der Waals surface area contributed by atoms with E-state index < -0.39 is 0 Å². The molecule has 1 aromatic carbocycles. The van der Waals surface area contributed by atoms with Crippen LogP contribution in [0.5, 0.6) is 0 Å². The third-order valence-corrected chi connectivity index (χ3v) is 5.38. The molecule has 0 saturated carbocycles. The summed E-state index contributed by atoms with van der Waals surface area (Å²) in [4.78, 5) is 20.8. The average Bonchev–Trinajstić information content (AvgIpc) is 3.47. The van der Waals surface area contributed by atoms with Crippen LogP contribution in [0, 0.1) is 0 Å². The zero-order valence-electron chi connectivity index (χ0n) is 16.9. The van der Waals surface area contributed by atoms with E-state index >= 15 is 0 Å². The molecule has 0 saturated heterocycles. The van der Waals surface area contributed by atoms with Crippen molar-refractivity contribution in [1.29, 1.82) is 0 Å². The number of fused-ring (bicyclic) bond motifs is 1. The lowest BCUT2D eigenvalue weighted by Crippen LogP contribution is -2.22. The molecule has 0 aliphatic heterocycles. The summed E-state index contributed by atoms with van der Waals surface area (Å²) in [5.74, 6) is -0.148. The largest absolute Gasteiger partial charge is 0.348 e. The van der Waals surface area contributed by atoms with E-state index in [1.54, 1.807) is 41.5 Å². The molecule has 4 aromatic heterocycles. The Morgan fingerprint density at radius 2 is 1.94 bits per heavy atom. The van der Waals surface area contributed by atoms with Gasteiger partial charge in [0.15, 0.2) is 0 Å². The van der Waals surface area contributed by atoms with E-state index in [2.05, 4.69) is 25.6 Å². The molecule has 5 rings (SSSR count). The lowest BCUT2D eigenvalue weighted by Gasteiger charge is -2.06. The molecule has 1 amide bonds. The summed E-state index contributed by atoms with van der Waals surface area (Å²) < 4.78 is 3.66. The highest BCUT2D eigenvalue weighted by Crippen LogP contribution is 2.22. The molecule has 0 atom stereocenters.